The highest BCUT2D eigenvalue weighted by molar-refractivity contribution is 6.02. The molecule has 0 radical (unpaired) electrons. The number of hydrogen-bond acceptors (Lipinski definition) is 5. The van der Waals surface area contributed by atoms with E-state index >= 15 is 0 Å². The van der Waals surface area contributed by atoms with Crippen LogP contribution in [0.15, 0.2) is 36.4 Å². The number of rotatable bonds is 4. The average molecular weight is 348 g/mol. The van der Waals surface area contributed by atoms with E-state index in [4.69, 9.17) is 9.47 Å². The minimum Gasteiger partial charge on any atom is -0.454 e. The molecule has 1 amide bonds. The Hall–Kier alpha value is -3.49. The molecule has 0 aromatic heterocycles. The number of nitro groups is 1. The van der Waals surface area contributed by atoms with Crippen molar-refractivity contribution < 1.29 is 28.0 Å². The van der Waals surface area contributed by atoms with Gasteiger partial charge in [-0.3, -0.25) is 14.9 Å². The molecule has 1 N–H and O–H groups in total. The van der Waals surface area contributed by atoms with Crippen LogP contribution < -0.4 is 14.8 Å². The van der Waals surface area contributed by atoms with Gasteiger partial charge in [-0.15, -0.1) is 0 Å². The van der Waals surface area contributed by atoms with Crippen LogP contribution in [-0.4, -0.2) is 17.6 Å². The van der Waals surface area contributed by atoms with Crippen LogP contribution in [0.4, 0.5) is 20.2 Å². The maximum atomic E-state index is 13.5. The second-order valence-corrected chi connectivity index (χ2v) is 4.97. The number of amides is 1. The second-order valence-electron chi connectivity index (χ2n) is 4.97. The Morgan fingerprint density at radius 2 is 1.92 bits per heavy atom. The van der Waals surface area contributed by atoms with Gasteiger partial charge in [-0.25, -0.2) is 8.78 Å². The Morgan fingerprint density at radius 3 is 2.64 bits per heavy atom. The number of carbonyl (C=O) groups excluding carboxylic acids is 1. The Labute approximate surface area is 139 Å². The van der Waals surface area contributed by atoms with Crippen LogP contribution >= 0.6 is 0 Å². The summed E-state index contributed by atoms with van der Waals surface area (Å²) in [6.45, 7) is -0.0566. The maximum Gasteiger partial charge on any atom is 0.280 e. The zero-order valence-corrected chi connectivity index (χ0v) is 12.5. The molecule has 0 saturated heterocycles. The lowest BCUT2D eigenvalue weighted by Crippen LogP contribution is -2.09. The molecular formula is C16H10F2N2O5. The lowest BCUT2D eigenvalue weighted by atomic mass is 10.1. The first-order valence-electron chi connectivity index (χ1n) is 6.96. The van der Waals surface area contributed by atoms with Crippen LogP contribution in [0.1, 0.15) is 5.56 Å². The van der Waals surface area contributed by atoms with Crippen LogP contribution in [0.5, 0.6) is 11.5 Å². The van der Waals surface area contributed by atoms with Crippen molar-refractivity contribution in [3.8, 4) is 11.5 Å². The van der Waals surface area contributed by atoms with E-state index in [0.717, 1.165) is 24.3 Å². The van der Waals surface area contributed by atoms with Gasteiger partial charge in [0.25, 0.3) is 5.69 Å². The summed E-state index contributed by atoms with van der Waals surface area (Å²) in [4.78, 5) is 22.3. The molecule has 0 bridgehead atoms. The van der Waals surface area contributed by atoms with Crippen LogP contribution in [-0.2, 0) is 4.79 Å². The van der Waals surface area contributed by atoms with E-state index < -0.39 is 22.5 Å². The molecule has 0 unspecified atom stereocenters. The summed E-state index contributed by atoms with van der Waals surface area (Å²) in [7, 11) is 0. The third-order valence-corrected chi connectivity index (χ3v) is 3.32. The number of carbonyl (C=O) groups is 1. The van der Waals surface area contributed by atoms with Gasteiger partial charge in [0.05, 0.1) is 22.2 Å². The summed E-state index contributed by atoms with van der Waals surface area (Å²) in [6.07, 6.45) is 2.14. The van der Waals surface area contributed by atoms with Crippen LogP contribution in [0.2, 0.25) is 0 Å². The number of ether oxygens (including phenoxy) is 2. The smallest absolute Gasteiger partial charge is 0.280 e. The molecule has 128 valence electrons. The van der Waals surface area contributed by atoms with Crippen LogP contribution in [0.25, 0.3) is 6.08 Å². The van der Waals surface area contributed by atoms with E-state index in [2.05, 4.69) is 5.32 Å². The fourth-order valence-electron chi connectivity index (χ4n) is 2.17. The molecule has 3 rings (SSSR count). The number of anilines is 1. The minimum absolute atomic E-state index is 0.0566. The van der Waals surface area contributed by atoms with Crippen molar-refractivity contribution >= 4 is 23.4 Å². The maximum absolute atomic E-state index is 13.5. The topological polar surface area (TPSA) is 90.7 Å². The van der Waals surface area contributed by atoms with Crippen molar-refractivity contribution in [3.05, 3.63) is 63.7 Å². The van der Waals surface area contributed by atoms with Gasteiger partial charge in [-0.2, -0.15) is 0 Å². The molecule has 2 aromatic rings. The van der Waals surface area contributed by atoms with E-state index in [1.165, 1.54) is 18.2 Å². The third kappa shape index (κ3) is 3.55. The van der Waals surface area contributed by atoms with Gasteiger partial charge < -0.3 is 14.8 Å². The number of benzene rings is 2. The van der Waals surface area contributed by atoms with Gasteiger partial charge in [0.1, 0.15) is 11.6 Å². The highest BCUT2D eigenvalue weighted by atomic mass is 19.1. The van der Waals surface area contributed by atoms with Gasteiger partial charge in [-0.1, -0.05) is 0 Å². The van der Waals surface area contributed by atoms with Crippen molar-refractivity contribution in [2.45, 2.75) is 0 Å². The van der Waals surface area contributed by atoms with E-state index in [0.29, 0.717) is 5.75 Å². The number of nitrogens with zero attached hydrogens (tertiary/aromatic N) is 1. The van der Waals surface area contributed by atoms with Gasteiger partial charge >= 0.3 is 0 Å². The summed E-state index contributed by atoms with van der Waals surface area (Å²) in [6, 6.07) is 5.15. The van der Waals surface area contributed by atoms with Crippen LogP contribution in [0, 0.1) is 21.7 Å². The predicted octanol–water partition coefficient (Wildman–Crippen LogP) is 3.25. The number of nitrogens with one attached hydrogen (secondary N) is 1. The molecule has 7 nitrogen and oxygen atoms in total. The number of fused-ring (bicyclic) bond motifs is 1. The first-order chi connectivity index (χ1) is 11.9. The second kappa shape index (κ2) is 6.56. The van der Waals surface area contributed by atoms with E-state index in [1.54, 1.807) is 0 Å². The summed E-state index contributed by atoms with van der Waals surface area (Å²) in [5.41, 5.74) is -0.524. The number of hydrogen-bond donors (Lipinski definition) is 1. The molecule has 0 spiro atoms. The van der Waals surface area contributed by atoms with Gasteiger partial charge in [0.15, 0.2) is 11.5 Å². The largest absolute Gasteiger partial charge is 0.454 e. The Balaban J connectivity index is 1.83. The number of nitro benzene ring substituents is 1. The molecule has 2 aromatic carbocycles. The predicted molar refractivity (Wildman–Crippen MR) is 83.2 cm³/mol. The highest BCUT2D eigenvalue weighted by Crippen LogP contribution is 2.38. The summed E-state index contributed by atoms with van der Waals surface area (Å²) < 4.78 is 36.8. The Morgan fingerprint density at radius 1 is 1.20 bits per heavy atom. The molecule has 1 heterocycles. The minimum atomic E-state index is -0.808. The molecule has 1 aliphatic heterocycles. The Bertz CT molecular complexity index is 898. The molecule has 0 saturated carbocycles. The molecule has 1 aliphatic rings. The quantitative estimate of drug-likeness (QED) is 0.520. The highest BCUT2D eigenvalue weighted by Gasteiger charge is 2.22. The molecule has 25 heavy (non-hydrogen) atoms. The molecular weight excluding hydrogens is 338 g/mol. The fraction of sp³-hybridized carbons (Fsp3) is 0.0625. The van der Waals surface area contributed by atoms with Crippen molar-refractivity contribution in [2.75, 3.05) is 12.1 Å². The normalized spacial score (nSPS) is 12.4. The summed E-state index contributed by atoms with van der Waals surface area (Å²) in [5.74, 6) is -1.77. The number of halogens is 2. The SMILES string of the molecule is O=C(/C=C/c1cc2c(cc1[N+](=O)[O-])OCO2)Nc1cc(F)ccc1F. The zero-order valence-electron chi connectivity index (χ0n) is 12.5. The monoisotopic (exact) mass is 348 g/mol. The van der Waals surface area contributed by atoms with Crippen molar-refractivity contribution in [1.29, 1.82) is 0 Å². The standard InChI is InChI=1S/C16H10F2N2O5/c17-10-2-3-11(18)12(6-10)19-16(21)4-1-9-5-14-15(25-8-24-14)7-13(9)20(22)23/h1-7H,8H2,(H,19,21)/b4-1+. The lowest BCUT2D eigenvalue weighted by Gasteiger charge is -2.04. The van der Waals surface area contributed by atoms with Gasteiger partial charge in [-0.05, 0) is 24.3 Å². The van der Waals surface area contributed by atoms with Crippen molar-refractivity contribution in [1.82, 2.24) is 0 Å². The molecule has 0 fully saturated rings. The van der Waals surface area contributed by atoms with Gasteiger partial charge in [0.2, 0.25) is 12.7 Å². The summed E-state index contributed by atoms with van der Waals surface area (Å²) in [5, 5.41) is 13.3. The van der Waals surface area contributed by atoms with E-state index in [-0.39, 0.29) is 29.5 Å². The van der Waals surface area contributed by atoms with E-state index in [1.807, 2.05) is 0 Å². The summed E-state index contributed by atoms with van der Waals surface area (Å²) >= 11 is 0. The average Bonchev–Trinajstić information content (AvgIpc) is 3.02. The van der Waals surface area contributed by atoms with Crippen molar-refractivity contribution in [2.24, 2.45) is 0 Å². The van der Waals surface area contributed by atoms with Gasteiger partial charge in [0, 0.05) is 12.1 Å². The first-order valence-corrected chi connectivity index (χ1v) is 6.96. The lowest BCUT2D eigenvalue weighted by molar-refractivity contribution is -0.385. The van der Waals surface area contributed by atoms with Crippen molar-refractivity contribution in [3.63, 3.8) is 0 Å². The molecule has 0 aliphatic carbocycles. The Kier molecular flexibility index (Phi) is 4.29. The molecule has 0 atom stereocenters. The first kappa shape index (κ1) is 16.4. The fourth-order valence-corrected chi connectivity index (χ4v) is 2.17. The van der Waals surface area contributed by atoms with Crippen LogP contribution in [0.3, 0.4) is 0 Å². The van der Waals surface area contributed by atoms with E-state index in [9.17, 15) is 23.7 Å². The molecule has 9 heteroatoms. The zero-order chi connectivity index (χ0) is 18.0. The third-order valence-electron chi connectivity index (χ3n) is 3.32.